The van der Waals surface area contributed by atoms with Crippen LogP contribution in [-0.4, -0.2) is 74.8 Å². The molecule has 11 heteroatoms. The number of benzene rings is 1. The molecule has 1 aliphatic rings. The fourth-order valence-electron chi connectivity index (χ4n) is 4.54. The van der Waals surface area contributed by atoms with Gasteiger partial charge in [0.2, 0.25) is 11.8 Å². The number of methoxy groups -OCH3 is 1. The highest BCUT2D eigenvalue weighted by Gasteiger charge is 2.30. The van der Waals surface area contributed by atoms with Crippen LogP contribution < -0.4 is 10.6 Å². The Morgan fingerprint density at radius 1 is 1.10 bits per heavy atom. The molecular formula is C28H42ClN3O7. The van der Waals surface area contributed by atoms with Gasteiger partial charge in [0.25, 0.3) is 0 Å². The zero-order valence-corrected chi connectivity index (χ0v) is 24.0. The van der Waals surface area contributed by atoms with E-state index >= 15 is 0 Å². The molecule has 218 valence electrons. The number of carbonyl (C=O) groups is 4. The minimum absolute atomic E-state index is 0.00608. The van der Waals surface area contributed by atoms with Gasteiger partial charge < -0.3 is 29.7 Å². The number of hydrogen-bond acceptors (Lipinski definition) is 7. The van der Waals surface area contributed by atoms with Gasteiger partial charge in [-0.2, -0.15) is 0 Å². The number of ether oxygens (including phenoxy) is 3. The van der Waals surface area contributed by atoms with E-state index < -0.39 is 30.1 Å². The van der Waals surface area contributed by atoms with Crippen molar-refractivity contribution in [1.82, 2.24) is 15.5 Å². The maximum atomic E-state index is 13.3. The Kier molecular flexibility index (Phi) is 14.7. The summed E-state index contributed by atoms with van der Waals surface area (Å²) in [5.74, 6) is -1.10. The van der Waals surface area contributed by atoms with E-state index in [-0.39, 0.29) is 31.3 Å². The summed E-state index contributed by atoms with van der Waals surface area (Å²) < 4.78 is 15.5. The lowest BCUT2D eigenvalue weighted by Crippen LogP contribution is -2.52. The van der Waals surface area contributed by atoms with E-state index in [0.717, 1.165) is 32.1 Å². The quantitative estimate of drug-likeness (QED) is 0.244. The second-order valence-electron chi connectivity index (χ2n) is 9.78. The monoisotopic (exact) mass is 567 g/mol. The molecule has 1 fully saturated rings. The van der Waals surface area contributed by atoms with Crippen molar-refractivity contribution in [1.29, 1.82) is 0 Å². The second-order valence-corrected chi connectivity index (χ2v) is 10.2. The van der Waals surface area contributed by atoms with E-state index in [1.54, 1.807) is 31.3 Å². The zero-order valence-electron chi connectivity index (χ0n) is 23.2. The number of hydrogen-bond donors (Lipinski definition) is 2. The highest BCUT2D eigenvalue weighted by Crippen LogP contribution is 2.27. The van der Waals surface area contributed by atoms with Crippen LogP contribution in [0.15, 0.2) is 24.3 Å². The maximum absolute atomic E-state index is 13.3. The van der Waals surface area contributed by atoms with E-state index in [4.69, 9.17) is 25.8 Å². The number of alkyl carbamates (subject to hydrolysis) is 1. The van der Waals surface area contributed by atoms with E-state index in [0.29, 0.717) is 36.8 Å². The van der Waals surface area contributed by atoms with Crippen molar-refractivity contribution >= 4 is 35.5 Å². The molecule has 2 atom stereocenters. The topological polar surface area (TPSA) is 123 Å². The fourth-order valence-corrected chi connectivity index (χ4v) is 4.75. The Bertz CT molecular complexity index is 939. The molecule has 10 nitrogen and oxygen atoms in total. The third-order valence-corrected chi connectivity index (χ3v) is 7.05. The highest BCUT2D eigenvalue weighted by molar-refractivity contribution is 6.30. The molecule has 0 unspecified atom stereocenters. The molecule has 39 heavy (non-hydrogen) atoms. The smallest absolute Gasteiger partial charge is 0.408 e. The number of amides is 3. The van der Waals surface area contributed by atoms with Crippen molar-refractivity contribution in [3.63, 3.8) is 0 Å². The Balaban J connectivity index is 2.02. The minimum atomic E-state index is -1.04. The molecule has 1 saturated carbocycles. The third-order valence-electron chi connectivity index (χ3n) is 6.81. The largest absolute Gasteiger partial charge is 0.467 e. The summed E-state index contributed by atoms with van der Waals surface area (Å²) in [6, 6.07) is 5.01. The standard InChI is InChI=1S/C28H42ClN3O7/c1-4-38-16-15-32(2)25(33)14-13-23(27(35)37-3)30-26(34)24(18-20-9-6-5-7-10-20)31-28(36)39-19-21-11-8-12-22(29)17-21/h8,11-12,17,20,23-24H,4-7,9-10,13-16,18-19H2,1-3H3,(H,30,34)(H,31,36)/t23-,24-/m0/s1. The SMILES string of the molecule is CCOCCN(C)C(=O)CC[C@H](NC(=O)[C@H](CC1CCCCC1)NC(=O)OCc1cccc(Cl)c1)C(=O)OC. The normalized spacial score (nSPS) is 15.1. The molecule has 0 aliphatic heterocycles. The molecule has 3 amide bonds. The van der Waals surface area contributed by atoms with E-state index in [1.807, 2.05) is 6.92 Å². The van der Waals surface area contributed by atoms with Crippen molar-refractivity contribution in [2.45, 2.75) is 77.0 Å². The van der Waals surface area contributed by atoms with Crippen LogP contribution in [0.2, 0.25) is 5.02 Å². The van der Waals surface area contributed by atoms with Crippen LogP contribution >= 0.6 is 11.6 Å². The van der Waals surface area contributed by atoms with Gasteiger partial charge in [-0.1, -0.05) is 55.8 Å². The molecule has 2 N–H and O–H groups in total. The molecule has 0 radical (unpaired) electrons. The first-order valence-corrected chi connectivity index (χ1v) is 14.0. The Morgan fingerprint density at radius 3 is 2.51 bits per heavy atom. The van der Waals surface area contributed by atoms with Crippen LogP contribution in [0.4, 0.5) is 4.79 Å². The summed E-state index contributed by atoms with van der Waals surface area (Å²) >= 11 is 6.00. The highest BCUT2D eigenvalue weighted by atomic mass is 35.5. The number of carbonyl (C=O) groups excluding carboxylic acids is 4. The summed E-state index contributed by atoms with van der Waals surface area (Å²) in [6.45, 7) is 3.27. The first kappa shape index (κ1) is 32.4. The van der Waals surface area contributed by atoms with Gasteiger partial charge in [0, 0.05) is 31.6 Å². The molecule has 1 aromatic carbocycles. The molecule has 0 saturated heterocycles. The van der Waals surface area contributed by atoms with Gasteiger partial charge in [-0.15, -0.1) is 0 Å². The Labute approximate surface area is 236 Å². The van der Waals surface area contributed by atoms with Crippen LogP contribution in [0.25, 0.3) is 0 Å². The van der Waals surface area contributed by atoms with E-state index in [9.17, 15) is 19.2 Å². The van der Waals surface area contributed by atoms with Crippen LogP contribution in [0, 0.1) is 5.92 Å². The predicted octanol–water partition coefficient (Wildman–Crippen LogP) is 3.84. The summed E-state index contributed by atoms with van der Waals surface area (Å²) in [5, 5.41) is 5.90. The van der Waals surface area contributed by atoms with Gasteiger partial charge in [-0.05, 0) is 43.4 Å². The van der Waals surface area contributed by atoms with Gasteiger partial charge in [0.05, 0.1) is 13.7 Å². The van der Waals surface area contributed by atoms with Crippen molar-refractivity contribution < 1.29 is 33.4 Å². The molecule has 0 aromatic heterocycles. The maximum Gasteiger partial charge on any atom is 0.408 e. The Hall–Kier alpha value is -2.85. The lowest BCUT2D eigenvalue weighted by atomic mass is 9.84. The number of likely N-dealkylation sites (N-methyl/N-ethyl adjacent to an activating group) is 1. The van der Waals surface area contributed by atoms with Crippen LogP contribution in [-0.2, 0) is 35.2 Å². The van der Waals surface area contributed by atoms with Gasteiger partial charge in [-0.3, -0.25) is 9.59 Å². The Morgan fingerprint density at radius 2 is 1.85 bits per heavy atom. The van der Waals surface area contributed by atoms with Crippen molar-refractivity contribution in [3.8, 4) is 0 Å². The van der Waals surface area contributed by atoms with Crippen molar-refractivity contribution in [3.05, 3.63) is 34.9 Å². The zero-order chi connectivity index (χ0) is 28.6. The van der Waals surface area contributed by atoms with Crippen molar-refractivity contribution in [2.24, 2.45) is 5.92 Å². The van der Waals surface area contributed by atoms with Gasteiger partial charge >= 0.3 is 12.1 Å². The molecule has 2 rings (SSSR count). The van der Waals surface area contributed by atoms with Crippen LogP contribution in [0.5, 0.6) is 0 Å². The minimum Gasteiger partial charge on any atom is -0.467 e. The third kappa shape index (κ3) is 12.3. The number of rotatable bonds is 15. The summed E-state index contributed by atoms with van der Waals surface area (Å²) in [7, 11) is 2.88. The lowest BCUT2D eigenvalue weighted by Gasteiger charge is -2.27. The van der Waals surface area contributed by atoms with Gasteiger partial charge in [-0.25, -0.2) is 9.59 Å². The lowest BCUT2D eigenvalue weighted by molar-refractivity contribution is -0.145. The molecule has 0 bridgehead atoms. The molecule has 1 aromatic rings. The first-order valence-electron chi connectivity index (χ1n) is 13.6. The summed E-state index contributed by atoms with van der Waals surface area (Å²) in [5.41, 5.74) is 0.715. The summed E-state index contributed by atoms with van der Waals surface area (Å²) in [4.78, 5) is 52.5. The average Bonchev–Trinajstić information content (AvgIpc) is 2.93. The fraction of sp³-hybridized carbons (Fsp3) is 0.643. The number of nitrogens with one attached hydrogen (secondary N) is 2. The number of nitrogens with zero attached hydrogens (tertiary/aromatic N) is 1. The molecule has 1 aliphatic carbocycles. The second kappa shape index (κ2) is 17.7. The van der Waals surface area contributed by atoms with Gasteiger partial charge in [0.1, 0.15) is 18.7 Å². The average molecular weight is 568 g/mol. The van der Waals surface area contributed by atoms with Crippen LogP contribution in [0.3, 0.4) is 0 Å². The van der Waals surface area contributed by atoms with E-state index in [2.05, 4.69) is 10.6 Å². The summed E-state index contributed by atoms with van der Waals surface area (Å²) in [6.07, 6.45) is 5.00. The number of esters is 1. The molecular weight excluding hydrogens is 526 g/mol. The number of halogens is 1. The molecule has 0 spiro atoms. The first-order chi connectivity index (χ1) is 18.7. The van der Waals surface area contributed by atoms with Crippen LogP contribution in [0.1, 0.15) is 63.9 Å². The predicted molar refractivity (Wildman–Crippen MR) is 147 cm³/mol. The van der Waals surface area contributed by atoms with E-state index in [1.165, 1.54) is 12.0 Å². The van der Waals surface area contributed by atoms with Gasteiger partial charge in [0.15, 0.2) is 0 Å². The van der Waals surface area contributed by atoms with Crippen molar-refractivity contribution in [2.75, 3.05) is 33.9 Å². The molecule has 0 heterocycles.